The number of rotatable bonds is 3. The second-order valence-corrected chi connectivity index (χ2v) is 15.5. The number of benzene rings is 9. The zero-order valence-corrected chi connectivity index (χ0v) is 31.3. The molecule has 0 saturated heterocycles. The maximum atomic E-state index is 5.35. The number of fused-ring (bicyclic) bond motifs is 14. The zero-order valence-electron chi connectivity index (χ0n) is 31.3. The van der Waals surface area contributed by atoms with Crippen LogP contribution in [0.15, 0.2) is 194 Å². The summed E-state index contributed by atoms with van der Waals surface area (Å²) >= 11 is 0. The molecule has 58 heavy (non-hydrogen) atoms. The summed E-state index contributed by atoms with van der Waals surface area (Å²) in [6.45, 7) is 0. The third-order valence-electron chi connectivity index (χ3n) is 12.6. The summed E-state index contributed by atoms with van der Waals surface area (Å²) in [6.07, 6.45) is 0. The second-order valence-electron chi connectivity index (χ2n) is 15.5. The molecule has 0 saturated carbocycles. The molecule has 3 heterocycles. The molecule has 0 bridgehead atoms. The number of hydrogen-bond donors (Lipinski definition) is 0. The minimum atomic E-state index is -0.522. The molecular weight excluding hydrogens is 705 g/mol. The van der Waals surface area contributed by atoms with E-state index in [0.29, 0.717) is 17.5 Å². The molecule has 0 fully saturated rings. The van der Waals surface area contributed by atoms with Gasteiger partial charge >= 0.3 is 0 Å². The lowest BCUT2D eigenvalue weighted by Crippen LogP contribution is -2.33. The quantitative estimate of drug-likeness (QED) is 0.181. The average Bonchev–Trinajstić information content (AvgIpc) is 3.79. The van der Waals surface area contributed by atoms with Crippen LogP contribution in [0.3, 0.4) is 0 Å². The van der Waals surface area contributed by atoms with Crippen molar-refractivity contribution < 1.29 is 0 Å². The normalized spacial score (nSPS) is 13.3. The number of nitrogens with zero attached hydrogens (tertiary/aromatic N) is 4. The highest BCUT2D eigenvalue weighted by molar-refractivity contribution is 6.13. The SMILES string of the molecule is c1ccc2c(c1)-c1ccccc1C21c2ccc(-c3nc(-c4cccc5ccccc45)nc(-c4cccc5ccccc45)n3)cc2-n2c3ccccc3c3cccc1c32. The third kappa shape index (κ3) is 4.10. The van der Waals surface area contributed by atoms with Crippen LogP contribution in [0.2, 0.25) is 0 Å². The molecule has 1 aliphatic heterocycles. The van der Waals surface area contributed by atoms with E-state index in [9.17, 15) is 0 Å². The van der Waals surface area contributed by atoms with Gasteiger partial charge < -0.3 is 4.57 Å². The Kier molecular flexibility index (Phi) is 6.34. The minimum Gasteiger partial charge on any atom is -0.309 e. The first-order valence-corrected chi connectivity index (χ1v) is 19.9. The van der Waals surface area contributed by atoms with Crippen LogP contribution in [0, 0.1) is 0 Å². The van der Waals surface area contributed by atoms with Gasteiger partial charge in [-0.3, -0.25) is 0 Å². The van der Waals surface area contributed by atoms with Gasteiger partial charge in [0, 0.05) is 27.5 Å². The van der Waals surface area contributed by atoms with Gasteiger partial charge in [-0.25, -0.2) is 15.0 Å². The Labute approximate surface area is 334 Å². The Hall–Kier alpha value is -7.69. The molecule has 0 N–H and O–H groups in total. The maximum Gasteiger partial charge on any atom is 0.164 e. The first-order valence-electron chi connectivity index (χ1n) is 19.9. The summed E-state index contributed by atoms with van der Waals surface area (Å²) < 4.78 is 2.49. The van der Waals surface area contributed by atoms with Crippen LogP contribution in [0.25, 0.3) is 94.3 Å². The van der Waals surface area contributed by atoms with E-state index in [-0.39, 0.29) is 0 Å². The summed E-state index contributed by atoms with van der Waals surface area (Å²) in [5, 5.41) is 7.00. The van der Waals surface area contributed by atoms with Gasteiger partial charge in [0.05, 0.1) is 22.1 Å². The summed E-state index contributed by atoms with van der Waals surface area (Å²) in [6, 6.07) is 70.2. The van der Waals surface area contributed by atoms with Gasteiger partial charge in [-0.1, -0.05) is 182 Å². The molecule has 1 spiro atoms. The molecule has 2 aliphatic rings. The molecule has 268 valence electrons. The molecule has 4 nitrogen and oxygen atoms in total. The topological polar surface area (TPSA) is 43.6 Å². The van der Waals surface area contributed by atoms with Crippen molar-refractivity contribution in [3.63, 3.8) is 0 Å². The van der Waals surface area contributed by atoms with E-state index >= 15 is 0 Å². The lowest BCUT2D eigenvalue weighted by atomic mass is 9.65. The highest BCUT2D eigenvalue weighted by Gasteiger charge is 2.50. The van der Waals surface area contributed by atoms with Gasteiger partial charge in [0.25, 0.3) is 0 Å². The van der Waals surface area contributed by atoms with E-state index in [1.54, 1.807) is 0 Å². The number of aromatic nitrogens is 4. The van der Waals surface area contributed by atoms with Crippen LogP contribution >= 0.6 is 0 Å². The predicted octanol–water partition coefficient (Wildman–Crippen LogP) is 13.0. The van der Waals surface area contributed by atoms with E-state index in [1.807, 2.05) is 0 Å². The van der Waals surface area contributed by atoms with Crippen molar-refractivity contribution in [2.24, 2.45) is 0 Å². The maximum absolute atomic E-state index is 5.35. The molecule has 0 unspecified atom stereocenters. The molecule has 0 amide bonds. The van der Waals surface area contributed by atoms with Crippen LogP contribution in [-0.2, 0) is 5.41 Å². The fourth-order valence-corrected chi connectivity index (χ4v) is 10.3. The van der Waals surface area contributed by atoms with Crippen LogP contribution in [0.5, 0.6) is 0 Å². The fraction of sp³-hybridized carbons (Fsp3) is 0.0185. The largest absolute Gasteiger partial charge is 0.309 e. The zero-order chi connectivity index (χ0) is 38.0. The Morgan fingerprint density at radius 3 is 1.50 bits per heavy atom. The molecule has 13 rings (SSSR count). The lowest BCUT2D eigenvalue weighted by Gasteiger charge is -2.39. The van der Waals surface area contributed by atoms with E-state index < -0.39 is 5.41 Å². The van der Waals surface area contributed by atoms with Crippen molar-refractivity contribution in [1.29, 1.82) is 0 Å². The van der Waals surface area contributed by atoms with Gasteiger partial charge in [0.1, 0.15) is 0 Å². The van der Waals surface area contributed by atoms with Crippen molar-refractivity contribution in [2.75, 3.05) is 0 Å². The van der Waals surface area contributed by atoms with E-state index in [2.05, 4.69) is 199 Å². The van der Waals surface area contributed by atoms with Gasteiger partial charge in [0.2, 0.25) is 0 Å². The molecule has 11 aromatic rings. The third-order valence-corrected chi connectivity index (χ3v) is 12.6. The van der Waals surface area contributed by atoms with Gasteiger partial charge in [-0.05, 0) is 67.1 Å². The minimum absolute atomic E-state index is 0.522. The Morgan fingerprint density at radius 2 is 0.828 bits per heavy atom. The van der Waals surface area contributed by atoms with Gasteiger partial charge in [-0.2, -0.15) is 0 Å². The summed E-state index contributed by atoms with van der Waals surface area (Å²) in [5.41, 5.74) is 13.7. The molecule has 9 aromatic carbocycles. The van der Waals surface area contributed by atoms with Crippen molar-refractivity contribution in [2.45, 2.75) is 5.41 Å². The average molecular weight is 737 g/mol. The van der Waals surface area contributed by atoms with E-state index in [4.69, 9.17) is 15.0 Å². The van der Waals surface area contributed by atoms with Crippen molar-refractivity contribution >= 4 is 43.4 Å². The lowest BCUT2D eigenvalue weighted by molar-refractivity contribution is 0.748. The highest BCUT2D eigenvalue weighted by atomic mass is 15.0. The highest BCUT2D eigenvalue weighted by Crippen LogP contribution is 2.61. The first kappa shape index (κ1) is 31.5. The van der Waals surface area contributed by atoms with Gasteiger partial charge in [0.15, 0.2) is 17.5 Å². The Morgan fingerprint density at radius 1 is 0.345 bits per heavy atom. The Balaban J connectivity index is 1.14. The Bertz CT molecular complexity index is 3390. The molecule has 2 aromatic heterocycles. The van der Waals surface area contributed by atoms with Crippen molar-refractivity contribution in [3.05, 3.63) is 216 Å². The summed E-state index contributed by atoms with van der Waals surface area (Å²) in [4.78, 5) is 16.0. The first-order chi connectivity index (χ1) is 28.8. The second kappa shape index (κ2) is 11.7. The summed E-state index contributed by atoms with van der Waals surface area (Å²) in [7, 11) is 0. The monoisotopic (exact) mass is 736 g/mol. The van der Waals surface area contributed by atoms with Crippen LogP contribution in [0.4, 0.5) is 0 Å². The standard InChI is InChI=1S/C54H32N4/c1-3-18-36-33(14-1)16-11-24-42(36)52-55-51(56-53(57-52)43-25-12-17-34-15-2-4-19-37(34)43)35-30-31-46-49(32-35)58-48-29-10-7-22-40(48)41-23-13-28-47(50(41)58)54(46)44-26-8-5-20-38(44)39-21-6-9-27-45(39)54/h1-32H. The molecule has 0 radical (unpaired) electrons. The number of para-hydroxylation sites is 2. The van der Waals surface area contributed by atoms with Gasteiger partial charge in [-0.15, -0.1) is 0 Å². The van der Waals surface area contributed by atoms with Crippen LogP contribution < -0.4 is 0 Å². The molecule has 0 atom stereocenters. The van der Waals surface area contributed by atoms with E-state index in [0.717, 1.165) is 43.9 Å². The van der Waals surface area contributed by atoms with E-state index in [1.165, 1.54) is 55.2 Å². The van der Waals surface area contributed by atoms with Crippen LogP contribution in [-0.4, -0.2) is 19.5 Å². The smallest absolute Gasteiger partial charge is 0.164 e. The van der Waals surface area contributed by atoms with Crippen LogP contribution in [0.1, 0.15) is 22.3 Å². The number of hydrogen-bond acceptors (Lipinski definition) is 3. The molecule has 4 heteroatoms. The van der Waals surface area contributed by atoms with Crippen molar-refractivity contribution in [1.82, 2.24) is 19.5 Å². The van der Waals surface area contributed by atoms with Crippen molar-refractivity contribution in [3.8, 4) is 51.0 Å². The summed E-state index contributed by atoms with van der Waals surface area (Å²) in [5.74, 6) is 1.94. The predicted molar refractivity (Wildman–Crippen MR) is 236 cm³/mol. The fourth-order valence-electron chi connectivity index (χ4n) is 10.3. The molecular formula is C54H32N4. The molecule has 1 aliphatic carbocycles.